The fourth-order valence-electron chi connectivity index (χ4n) is 1.60. The van der Waals surface area contributed by atoms with E-state index in [2.05, 4.69) is 10.1 Å². The third-order valence-corrected chi connectivity index (χ3v) is 3.84. The summed E-state index contributed by atoms with van der Waals surface area (Å²) in [6.45, 7) is 1.79. The quantitative estimate of drug-likeness (QED) is 0.753. The van der Waals surface area contributed by atoms with Gasteiger partial charge in [-0.15, -0.1) is 0 Å². The zero-order valence-corrected chi connectivity index (χ0v) is 12.4. The molecule has 114 valence electrons. The summed E-state index contributed by atoms with van der Waals surface area (Å²) in [5, 5.41) is 3.67. The maximum atomic E-state index is 11.6. The molecule has 2 aromatic rings. The molecule has 0 radical (unpaired) electrons. The molecule has 1 N–H and O–H groups in total. The van der Waals surface area contributed by atoms with Crippen molar-refractivity contribution >= 4 is 19.7 Å². The summed E-state index contributed by atoms with van der Waals surface area (Å²) in [4.78, 5) is 28.2. The number of hydrogen-bond donors (Lipinski definition) is 1. The fourth-order valence-corrected chi connectivity index (χ4v) is 2.46. The van der Waals surface area contributed by atoms with Gasteiger partial charge >= 0.3 is 5.69 Å². The van der Waals surface area contributed by atoms with E-state index in [-0.39, 0.29) is 12.4 Å². The minimum absolute atomic E-state index is 0.151. The molecule has 2 aromatic heterocycles. The highest BCUT2D eigenvalue weighted by Crippen LogP contribution is 2.08. The maximum absolute atomic E-state index is 11.6. The first kappa shape index (κ1) is 15.4. The van der Waals surface area contributed by atoms with Crippen LogP contribution in [0.4, 0.5) is 0 Å². The molecule has 0 aliphatic rings. The topological polar surface area (TPSA) is 128 Å². The molecule has 0 atom stereocenters. The van der Waals surface area contributed by atoms with Gasteiger partial charge in [0.05, 0.1) is 6.54 Å². The molecule has 0 aromatic carbocycles. The van der Waals surface area contributed by atoms with E-state index in [0.29, 0.717) is 12.3 Å². The summed E-state index contributed by atoms with van der Waals surface area (Å²) in [6.07, 6.45) is 2.25. The Kier molecular flexibility index (Phi) is 4.28. The first-order valence-corrected chi connectivity index (χ1v) is 8.22. The molecule has 0 unspecified atom stereocenters. The van der Waals surface area contributed by atoms with Crippen LogP contribution in [0.25, 0.3) is 0 Å². The van der Waals surface area contributed by atoms with E-state index in [4.69, 9.17) is 15.2 Å². The molecule has 9 nitrogen and oxygen atoms in total. The number of rotatable bonds is 5. The van der Waals surface area contributed by atoms with Crippen LogP contribution in [0.2, 0.25) is 0 Å². The Bertz CT molecular complexity index is 866. The average Bonchev–Trinajstić information content (AvgIpc) is 2.79. The molecule has 11 heteroatoms. The highest BCUT2D eigenvalue weighted by Gasteiger charge is 2.18. The van der Waals surface area contributed by atoms with Crippen LogP contribution in [0.15, 0.2) is 25.2 Å². The molecule has 0 aliphatic carbocycles. The lowest BCUT2D eigenvalue weighted by Crippen LogP contribution is -2.32. The van der Waals surface area contributed by atoms with Gasteiger partial charge < -0.3 is 4.52 Å². The number of nitrogens with zero attached hydrogens (tertiary/aromatic N) is 3. The van der Waals surface area contributed by atoms with Gasteiger partial charge in [-0.05, 0) is 6.42 Å². The van der Waals surface area contributed by atoms with E-state index in [1.807, 2.05) is 11.9 Å². The zero-order chi connectivity index (χ0) is 15.6. The summed E-state index contributed by atoms with van der Waals surface area (Å²) in [6, 6.07) is 0. The van der Waals surface area contributed by atoms with Crippen LogP contribution in [0.3, 0.4) is 0 Å². The van der Waals surface area contributed by atoms with E-state index < -0.39 is 25.2 Å². The van der Waals surface area contributed by atoms with E-state index in [0.717, 1.165) is 17.2 Å². The molecule has 0 spiro atoms. The van der Waals surface area contributed by atoms with Crippen LogP contribution < -0.4 is 11.2 Å². The van der Waals surface area contributed by atoms with Crippen LogP contribution in [-0.2, 0) is 22.0 Å². The SMILES string of the molecule is CCCc1nc(Cn2cc(S(=O)(=O)Cl)c(=O)[nH]c2=O)no1. The molecule has 2 heterocycles. The van der Waals surface area contributed by atoms with Crippen molar-refractivity contribution in [2.75, 3.05) is 0 Å². The minimum atomic E-state index is -4.26. The van der Waals surface area contributed by atoms with E-state index in [1.54, 1.807) is 0 Å². The molecule has 0 saturated carbocycles. The normalized spacial score (nSPS) is 11.7. The number of aromatic nitrogens is 4. The third-order valence-electron chi connectivity index (χ3n) is 2.53. The summed E-state index contributed by atoms with van der Waals surface area (Å²) in [5.74, 6) is 0.598. The summed E-state index contributed by atoms with van der Waals surface area (Å²) in [5.41, 5.74) is -1.88. The Labute approximate surface area is 123 Å². The Morgan fingerprint density at radius 2 is 2.14 bits per heavy atom. The molecule has 0 saturated heterocycles. The number of H-pyrrole nitrogens is 1. The molecule has 0 amide bonds. The van der Waals surface area contributed by atoms with E-state index >= 15 is 0 Å². The number of nitrogens with one attached hydrogen (secondary N) is 1. The summed E-state index contributed by atoms with van der Waals surface area (Å²) < 4.78 is 28.4. The number of aromatic amines is 1. The Morgan fingerprint density at radius 3 is 2.76 bits per heavy atom. The highest BCUT2D eigenvalue weighted by atomic mass is 35.7. The Morgan fingerprint density at radius 1 is 1.43 bits per heavy atom. The largest absolute Gasteiger partial charge is 0.339 e. The van der Waals surface area contributed by atoms with Crippen LogP contribution >= 0.6 is 10.7 Å². The van der Waals surface area contributed by atoms with Crippen LogP contribution in [-0.4, -0.2) is 28.1 Å². The molecule has 0 bridgehead atoms. The second-order valence-electron chi connectivity index (χ2n) is 4.17. The second-order valence-corrected chi connectivity index (χ2v) is 6.71. The molecule has 0 fully saturated rings. The number of hydrogen-bond acceptors (Lipinski definition) is 7. The van der Waals surface area contributed by atoms with Crippen molar-refractivity contribution in [1.29, 1.82) is 0 Å². The second kappa shape index (κ2) is 5.82. The van der Waals surface area contributed by atoms with Crippen LogP contribution in [0.1, 0.15) is 25.1 Å². The van der Waals surface area contributed by atoms with Crippen molar-refractivity contribution in [3.05, 3.63) is 38.8 Å². The Balaban J connectivity index is 2.40. The predicted octanol–water partition coefficient (Wildman–Crippen LogP) is -0.152. The lowest BCUT2D eigenvalue weighted by Gasteiger charge is -2.02. The molecule has 0 aliphatic heterocycles. The average molecular weight is 335 g/mol. The van der Waals surface area contributed by atoms with Crippen molar-refractivity contribution < 1.29 is 12.9 Å². The highest BCUT2D eigenvalue weighted by molar-refractivity contribution is 8.13. The smallest absolute Gasteiger partial charge is 0.328 e. The third kappa shape index (κ3) is 3.58. The number of halogens is 1. The Hall–Kier alpha value is -1.94. The molecule has 2 rings (SSSR count). The minimum Gasteiger partial charge on any atom is -0.339 e. The van der Waals surface area contributed by atoms with E-state index in [1.165, 1.54) is 0 Å². The maximum Gasteiger partial charge on any atom is 0.328 e. The van der Waals surface area contributed by atoms with Gasteiger partial charge in [0, 0.05) is 23.3 Å². The van der Waals surface area contributed by atoms with Gasteiger partial charge in [-0.2, -0.15) is 4.98 Å². The fraction of sp³-hybridized carbons (Fsp3) is 0.400. The van der Waals surface area contributed by atoms with Gasteiger partial charge in [0.2, 0.25) is 5.89 Å². The van der Waals surface area contributed by atoms with Gasteiger partial charge in [-0.3, -0.25) is 14.3 Å². The monoisotopic (exact) mass is 334 g/mol. The lowest BCUT2D eigenvalue weighted by molar-refractivity contribution is 0.370. The van der Waals surface area contributed by atoms with Crippen molar-refractivity contribution in [3.63, 3.8) is 0 Å². The predicted molar refractivity (Wildman–Crippen MR) is 71.8 cm³/mol. The standard InChI is InChI=1S/C10H11ClN4O5S/c1-2-3-8-12-7(14-20-8)5-15-4-6(21(11,18)19)9(16)13-10(15)17/h4H,2-3,5H2,1H3,(H,13,16,17). The van der Waals surface area contributed by atoms with Crippen molar-refractivity contribution in [3.8, 4) is 0 Å². The number of aryl methyl sites for hydroxylation is 1. The zero-order valence-electron chi connectivity index (χ0n) is 10.9. The lowest BCUT2D eigenvalue weighted by atomic mass is 10.3. The summed E-state index contributed by atoms with van der Waals surface area (Å²) >= 11 is 0. The van der Waals surface area contributed by atoms with Gasteiger partial charge in [-0.25, -0.2) is 13.2 Å². The van der Waals surface area contributed by atoms with Gasteiger partial charge in [-0.1, -0.05) is 12.1 Å². The van der Waals surface area contributed by atoms with Crippen LogP contribution in [0.5, 0.6) is 0 Å². The van der Waals surface area contributed by atoms with Gasteiger partial charge in [0.1, 0.15) is 0 Å². The first-order valence-electron chi connectivity index (χ1n) is 5.91. The van der Waals surface area contributed by atoms with Crippen molar-refractivity contribution in [2.24, 2.45) is 0 Å². The first-order chi connectivity index (χ1) is 9.81. The van der Waals surface area contributed by atoms with Gasteiger partial charge in [0.15, 0.2) is 10.7 Å². The van der Waals surface area contributed by atoms with Crippen molar-refractivity contribution in [1.82, 2.24) is 19.7 Å². The summed E-state index contributed by atoms with van der Waals surface area (Å²) in [7, 11) is 0.860. The van der Waals surface area contributed by atoms with Gasteiger partial charge in [0.25, 0.3) is 14.6 Å². The molecular weight excluding hydrogens is 324 g/mol. The van der Waals surface area contributed by atoms with Crippen molar-refractivity contribution in [2.45, 2.75) is 31.2 Å². The molecular formula is C10H11ClN4O5S. The van der Waals surface area contributed by atoms with E-state index in [9.17, 15) is 18.0 Å². The van der Waals surface area contributed by atoms with Crippen LogP contribution in [0, 0.1) is 0 Å². The molecule has 21 heavy (non-hydrogen) atoms.